The molecule has 1 amide bonds. The van der Waals surface area contributed by atoms with Crippen LogP contribution in [0.2, 0.25) is 0 Å². The summed E-state index contributed by atoms with van der Waals surface area (Å²) >= 11 is 0. The molecular weight excluding hydrogens is 268 g/mol. The number of carbonyl (C=O) groups excluding carboxylic acids is 1. The first-order chi connectivity index (χ1) is 10.1. The predicted molar refractivity (Wildman–Crippen MR) is 78.3 cm³/mol. The molecule has 2 unspecified atom stereocenters. The Labute approximate surface area is 123 Å². The fourth-order valence-corrected chi connectivity index (χ4v) is 2.22. The van der Waals surface area contributed by atoms with Crippen molar-refractivity contribution in [3.63, 3.8) is 0 Å². The van der Waals surface area contributed by atoms with Crippen molar-refractivity contribution < 1.29 is 9.90 Å². The molecule has 0 aliphatic rings. The normalized spacial score (nSPS) is 13.7. The summed E-state index contributed by atoms with van der Waals surface area (Å²) in [6.45, 7) is 1.84. The van der Waals surface area contributed by atoms with Gasteiger partial charge in [-0.2, -0.15) is 0 Å². The van der Waals surface area contributed by atoms with Crippen molar-refractivity contribution in [2.24, 2.45) is 7.05 Å². The zero-order chi connectivity index (χ0) is 15.2. The van der Waals surface area contributed by atoms with E-state index in [4.69, 9.17) is 0 Å². The van der Waals surface area contributed by atoms with E-state index < -0.39 is 6.10 Å². The van der Waals surface area contributed by atoms with Gasteiger partial charge in [0.1, 0.15) is 6.33 Å². The number of aryl methyl sites for hydroxylation is 1. The third kappa shape index (κ3) is 4.39. The molecule has 0 radical (unpaired) electrons. The first-order valence-electron chi connectivity index (χ1n) is 6.91. The number of amides is 1. The van der Waals surface area contributed by atoms with E-state index in [0.717, 1.165) is 5.56 Å². The molecule has 112 valence electrons. The largest absolute Gasteiger partial charge is 0.392 e. The van der Waals surface area contributed by atoms with Crippen LogP contribution >= 0.6 is 0 Å². The van der Waals surface area contributed by atoms with Crippen molar-refractivity contribution in [1.29, 1.82) is 0 Å². The maximum atomic E-state index is 11.9. The third-order valence-corrected chi connectivity index (χ3v) is 3.25. The van der Waals surface area contributed by atoms with Crippen LogP contribution in [-0.4, -0.2) is 31.9 Å². The van der Waals surface area contributed by atoms with Crippen LogP contribution in [0, 0.1) is 0 Å². The van der Waals surface area contributed by atoms with Gasteiger partial charge in [-0.05, 0) is 18.9 Å². The number of carbonyl (C=O) groups is 1. The summed E-state index contributed by atoms with van der Waals surface area (Å²) in [7, 11) is 1.82. The van der Waals surface area contributed by atoms with E-state index in [0.29, 0.717) is 12.2 Å². The van der Waals surface area contributed by atoms with Gasteiger partial charge < -0.3 is 15.0 Å². The lowest BCUT2D eigenvalue weighted by atomic mass is 10.1. The molecule has 0 fully saturated rings. The van der Waals surface area contributed by atoms with Crippen LogP contribution in [0.25, 0.3) is 0 Å². The molecule has 0 saturated heterocycles. The molecule has 0 saturated carbocycles. The van der Waals surface area contributed by atoms with Gasteiger partial charge in [-0.25, -0.2) is 0 Å². The Hall–Kier alpha value is -2.21. The molecule has 1 aromatic carbocycles. The van der Waals surface area contributed by atoms with Gasteiger partial charge >= 0.3 is 0 Å². The van der Waals surface area contributed by atoms with Crippen molar-refractivity contribution in [2.45, 2.75) is 31.9 Å². The van der Waals surface area contributed by atoms with Gasteiger partial charge in [-0.3, -0.25) is 4.79 Å². The number of nitrogens with one attached hydrogen (secondary N) is 1. The number of aromatic nitrogens is 3. The second-order valence-electron chi connectivity index (χ2n) is 5.14. The molecule has 0 aliphatic carbocycles. The molecule has 0 bridgehead atoms. The molecule has 2 rings (SSSR count). The summed E-state index contributed by atoms with van der Waals surface area (Å²) in [6, 6.07) is 9.38. The molecule has 6 heteroatoms. The highest BCUT2D eigenvalue weighted by Gasteiger charge is 2.17. The minimum Gasteiger partial charge on any atom is -0.392 e. The number of rotatable bonds is 6. The smallest absolute Gasteiger partial charge is 0.223 e. The second kappa shape index (κ2) is 6.99. The maximum Gasteiger partial charge on any atom is 0.223 e. The van der Waals surface area contributed by atoms with Crippen molar-refractivity contribution >= 4 is 5.91 Å². The lowest BCUT2D eigenvalue weighted by Crippen LogP contribution is -2.31. The minimum absolute atomic E-state index is 0.0666. The van der Waals surface area contributed by atoms with E-state index in [-0.39, 0.29) is 18.4 Å². The number of hydrogen-bond acceptors (Lipinski definition) is 4. The SMILES string of the molecule is CC(NC(=O)CC(O)Cc1ccccc1)c1nncn1C. The van der Waals surface area contributed by atoms with Crippen molar-refractivity contribution in [1.82, 2.24) is 20.1 Å². The first kappa shape index (κ1) is 15.2. The molecule has 2 atom stereocenters. The Balaban J connectivity index is 1.83. The standard InChI is InChI=1S/C15H20N4O2/c1-11(15-18-16-10-19(15)2)17-14(21)9-13(20)8-12-6-4-3-5-7-12/h3-7,10-11,13,20H,8-9H2,1-2H3,(H,17,21). The van der Waals surface area contributed by atoms with Crippen molar-refractivity contribution in [2.75, 3.05) is 0 Å². The Morgan fingerprint density at radius 1 is 1.38 bits per heavy atom. The Morgan fingerprint density at radius 3 is 2.71 bits per heavy atom. The average Bonchev–Trinajstić information content (AvgIpc) is 2.85. The third-order valence-electron chi connectivity index (χ3n) is 3.25. The predicted octanol–water partition coefficient (Wildman–Crippen LogP) is 0.986. The van der Waals surface area contributed by atoms with E-state index in [1.807, 2.05) is 44.3 Å². The van der Waals surface area contributed by atoms with Crippen LogP contribution in [0.1, 0.15) is 30.8 Å². The van der Waals surface area contributed by atoms with Gasteiger partial charge in [-0.1, -0.05) is 30.3 Å². The summed E-state index contributed by atoms with van der Waals surface area (Å²) in [5, 5.41) is 20.5. The monoisotopic (exact) mass is 288 g/mol. The lowest BCUT2D eigenvalue weighted by Gasteiger charge is -2.15. The van der Waals surface area contributed by atoms with Gasteiger partial charge in [0, 0.05) is 7.05 Å². The number of nitrogens with zero attached hydrogens (tertiary/aromatic N) is 3. The fraction of sp³-hybridized carbons (Fsp3) is 0.400. The summed E-state index contributed by atoms with van der Waals surface area (Å²) < 4.78 is 1.76. The van der Waals surface area contributed by atoms with Gasteiger partial charge in [0.05, 0.1) is 18.6 Å². The molecule has 1 aromatic heterocycles. The van der Waals surface area contributed by atoms with Crippen LogP contribution in [0.3, 0.4) is 0 Å². The quantitative estimate of drug-likeness (QED) is 0.830. The molecule has 2 aromatic rings. The Bertz CT molecular complexity index is 582. The number of benzene rings is 1. The van der Waals surface area contributed by atoms with E-state index in [9.17, 15) is 9.90 Å². The number of hydrogen-bond donors (Lipinski definition) is 2. The molecule has 2 N–H and O–H groups in total. The van der Waals surface area contributed by atoms with Crippen LogP contribution in [0.15, 0.2) is 36.7 Å². The van der Waals surface area contributed by atoms with Gasteiger partial charge in [0.2, 0.25) is 5.91 Å². The highest BCUT2D eigenvalue weighted by atomic mass is 16.3. The van der Waals surface area contributed by atoms with E-state index in [1.165, 1.54) is 0 Å². The summed E-state index contributed by atoms with van der Waals surface area (Å²) in [5.41, 5.74) is 1.01. The Kier molecular flexibility index (Phi) is 5.05. The summed E-state index contributed by atoms with van der Waals surface area (Å²) in [5.74, 6) is 0.481. The van der Waals surface area contributed by atoms with Gasteiger partial charge in [0.15, 0.2) is 5.82 Å². The number of aliphatic hydroxyl groups excluding tert-OH is 1. The minimum atomic E-state index is -0.695. The molecule has 0 aliphatic heterocycles. The first-order valence-corrected chi connectivity index (χ1v) is 6.91. The van der Waals surface area contributed by atoms with E-state index in [1.54, 1.807) is 10.9 Å². The molecule has 21 heavy (non-hydrogen) atoms. The van der Waals surface area contributed by atoms with E-state index in [2.05, 4.69) is 15.5 Å². The molecular formula is C15H20N4O2. The highest BCUT2D eigenvalue weighted by molar-refractivity contribution is 5.76. The van der Waals surface area contributed by atoms with Crippen molar-refractivity contribution in [3.05, 3.63) is 48.0 Å². The van der Waals surface area contributed by atoms with Crippen LogP contribution in [-0.2, 0) is 18.3 Å². The van der Waals surface area contributed by atoms with E-state index >= 15 is 0 Å². The highest BCUT2D eigenvalue weighted by Crippen LogP contribution is 2.09. The fourth-order valence-electron chi connectivity index (χ4n) is 2.22. The zero-order valence-corrected chi connectivity index (χ0v) is 12.2. The van der Waals surface area contributed by atoms with Crippen molar-refractivity contribution in [3.8, 4) is 0 Å². The summed E-state index contributed by atoms with van der Waals surface area (Å²) in [6.07, 6.45) is 1.42. The molecule has 0 spiro atoms. The second-order valence-corrected chi connectivity index (χ2v) is 5.14. The average molecular weight is 288 g/mol. The lowest BCUT2D eigenvalue weighted by molar-refractivity contribution is -0.123. The Morgan fingerprint density at radius 2 is 2.10 bits per heavy atom. The van der Waals surface area contributed by atoms with Gasteiger partial charge in [0.25, 0.3) is 0 Å². The molecule has 6 nitrogen and oxygen atoms in total. The number of aliphatic hydroxyl groups is 1. The zero-order valence-electron chi connectivity index (χ0n) is 12.2. The maximum absolute atomic E-state index is 11.9. The molecule has 1 heterocycles. The summed E-state index contributed by atoms with van der Waals surface area (Å²) in [4.78, 5) is 11.9. The van der Waals surface area contributed by atoms with Crippen LogP contribution in [0.4, 0.5) is 0 Å². The van der Waals surface area contributed by atoms with Gasteiger partial charge in [-0.15, -0.1) is 10.2 Å². The van der Waals surface area contributed by atoms with Crippen LogP contribution in [0.5, 0.6) is 0 Å². The topological polar surface area (TPSA) is 80.0 Å². The van der Waals surface area contributed by atoms with Crippen LogP contribution < -0.4 is 5.32 Å².